The molecule has 0 radical (unpaired) electrons. The van der Waals surface area contributed by atoms with Crippen LogP contribution in [0.3, 0.4) is 0 Å². The van der Waals surface area contributed by atoms with E-state index in [4.69, 9.17) is 0 Å². The van der Waals surface area contributed by atoms with Crippen LogP contribution in [-0.4, -0.2) is 13.1 Å². The summed E-state index contributed by atoms with van der Waals surface area (Å²) >= 11 is 0. The quantitative estimate of drug-likeness (QED) is 0.577. The molecule has 1 saturated heterocycles. The number of hydrogen-bond acceptors (Lipinski definition) is 1. The van der Waals surface area contributed by atoms with E-state index in [1.54, 1.807) is 5.57 Å². The standard InChI is InChI=1S/C9H17N/c1-3-4-8(2)9-5-6-10-7-9/h4,9-10H,3,5-7H2,1-2H3/b8-4+. The summed E-state index contributed by atoms with van der Waals surface area (Å²) in [6, 6.07) is 0. The molecule has 0 aromatic heterocycles. The average molecular weight is 139 g/mol. The average Bonchev–Trinajstić information content (AvgIpc) is 2.38. The molecule has 1 atom stereocenters. The fraction of sp³-hybridized carbons (Fsp3) is 0.778. The molecule has 1 aliphatic rings. The lowest BCUT2D eigenvalue weighted by Gasteiger charge is -2.07. The van der Waals surface area contributed by atoms with E-state index in [9.17, 15) is 0 Å². The number of hydrogen-bond donors (Lipinski definition) is 1. The smallest absolute Gasteiger partial charge is 0.00172 e. The van der Waals surface area contributed by atoms with Crippen LogP contribution in [0.15, 0.2) is 11.6 Å². The van der Waals surface area contributed by atoms with Crippen molar-refractivity contribution in [3.8, 4) is 0 Å². The fourth-order valence-electron chi connectivity index (χ4n) is 1.53. The van der Waals surface area contributed by atoms with Crippen molar-refractivity contribution in [3.63, 3.8) is 0 Å². The summed E-state index contributed by atoms with van der Waals surface area (Å²) in [5, 5.41) is 3.37. The molecule has 0 bridgehead atoms. The first-order chi connectivity index (χ1) is 4.84. The van der Waals surface area contributed by atoms with Crippen molar-refractivity contribution in [2.24, 2.45) is 5.92 Å². The summed E-state index contributed by atoms with van der Waals surface area (Å²) in [6.45, 7) is 6.86. The van der Waals surface area contributed by atoms with Gasteiger partial charge in [-0.25, -0.2) is 0 Å². The van der Waals surface area contributed by atoms with Gasteiger partial charge in [0, 0.05) is 6.54 Å². The van der Waals surface area contributed by atoms with E-state index in [0.29, 0.717) is 0 Å². The summed E-state index contributed by atoms with van der Waals surface area (Å²) < 4.78 is 0. The zero-order valence-corrected chi connectivity index (χ0v) is 6.98. The van der Waals surface area contributed by atoms with Gasteiger partial charge in [-0.05, 0) is 32.2 Å². The van der Waals surface area contributed by atoms with Crippen LogP contribution in [0.1, 0.15) is 26.7 Å². The van der Waals surface area contributed by atoms with Gasteiger partial charge in [-0.3, -0.25) is 0 Å². The van der Waals surface area contributed by atoms with E-state index in [2.05, 4.69) is 25.2 Å². The minimum absolute atomic E-state index is 0.833. The number of allylic oxidation sites excluding steroid dienone is 1. The zero-order chi connectivity index (χ0) is 7.40. The molecule has 58 valence electrons. The van der Waals surface area contributed by atoms with Gasteiger partial charge in [0.25, 0.3) is 0 Å². The van der Waals surface area contributed by atoms with E-state index in [1.165, 1.54) is 25.9 Å². The van der Waals surface area contributed by atoms with E-state index in [-0.39, 0.29) is 0 Å². The van der Waals surface area contributed by atoms with Crippen LogP contribution in [0, 0.1) is 5.92 Å². The molecule has 1 aliphatic heterocycles. The lowest BCUT2D eigenvalue weighted by atomic mass is 9.99. The molecule has 1 fully saturated rings. The molecule has 0 aromatic rings. The van der Waals surface area contributed by atoms with Crippen LogP contribution in [0.4, 0.5) is 0 Å². The van der Waals surface area contributed by atoms with Crippen LogP contribution in [-0.2, 0) is 0 Å². The van der Waals surface area contributed by atoms with E-state index in [1.807, 2.05) is 0 Å². The van der Waals surface area contributed by atoms with Crippen LogP contribution in [0.25, 0.3) is 0 Å². The molecule has 1 nitrogen and oxygen atoms in total. The number of nitrogens with one attached hydrogen (secondary N) is 1. The maximum Gasteiger partial charge on any atom is 0.00172 e. The van der Waals surface area contributed by atoms with E-state index < -0.39 is 0 Å². The van der Waals surface area contributed by atoms with Crippen LogP contribution in [0.5, 0.6) is 0 Å². The molecular formula is C9H17N. The topological polar surface area (TPSA) is 12.0 Å². The predicted molar refractivity (Wildman–Crippen MR) is 45.0 cm³/mol. The van der Waals surface area contributed by atoms with Crippen molar-refractivity contribution in [3.05, 3.63) is 11.6 Å². The van der Waals surface area contributed by atoms with Crippen LogP contribution < -0.4 is 5.32 Å². The maximum absolute atomic E-state index is 3.37. The Morgan fingerprint density at radius 1 is 1.70 bits per heavy atom. The van der Waals surface area contributed by atoms with Crippen molar-refractivity contribution in [2.45, 2.75) is 26.7 Å². The highest BCUT2D eigenvalue weighted by Crippen LogP contribution is 2.17. The molecule has 1 heteroatoms. The first-order valence-corrected chi connectivity index (χ1v) is 4.22. The molecule has 0 amide bonds. The molecule has 1 N–H and O–H groups in total. The molecule has 1 unspecified atom stereocenters. The Morgan fingerprint density at radius 2 is 2.50 bits per heavy atom. The Labute approximate surface area is 63.5 Å². The normalized spacial score (nSPS) is 27.4. The summed E-state index contributed by atoms with van der Waals surface area (Å²) in [6.07, 6.45) is 4.86. The molecule has 0 aliphatic carbocycles. The second-order valence-electron chi connectivity index (χ2n) is 3.05. The third-order valence-electron chi connectivity index (χ3n) is 2.23. The van der Waals surface area contributed by atoms with Gasteiger partial charge in [0.05, 0.1) is 0 Å². The molecule has 0 saturated carbocycles. The van der Waals surface area contributed by atoms with Gasteiger partial charge in [0.1, 0.15) is 0 Å². The monoisotopic (exact) mass is 139 g/mol. The highest BCUT2D eigenvalue weighted by atomic mass is 14.9. The van der Waals surface area contributed by atoms with E-state index in [0.717, 1.165) is 5.92 Å². The number of rotatable bonds is 2. The molecule has 1 heterocycles. The Balaban J connectivity index is 2.39. The lowest BCUT2D eigenvalue weighted by molar-refractivity contribution is 0.678. The maximum atomic E-state index is 3.37. The highest BCUT2D eigenvalue weighted by molar-refractivity contribution is 5.05. The fourth-order valence-corrected chi connectivity index (χ4v) is 1.53. The van der Waals surface area contributed by atoms with Crippen molar-refractivity contribution in [1.82, 2.24) is 5.32 Å². The first kappa shape index (κ1) is 7.80. The summed E-state index contributed by atoms with van der Waals surface area (Å²) in [5.41, 5.74) is 1.58. The Hall–Kier alpha value is -0.300. The molecule has 0 aromatic carbocycles. The summed E-state index contributed by atoms with van der Waals surface area (Å²) in [5.74, 6) is 0.833. The van der Waals surface area contributed by atoms with Gasteiger partial charge in [-0.15, -0.1) is 0 Å². The van der Waals surface area contributed by atoms with Gasteiger partial charge < -0.3 is 5.32 Å². The van der Waals surface area contributed by atoms with Crippen molar-refractivity contribution in [2.75, 3.05) is 13.1 Å². The third kappa shape index (κ3) is 1.84. The Bertz CT molecular complexity index is 121. The first-order valence-electron chi connectivity index (χ1n) is 4.22. The molecule has 0 spiro atoms. The van der Waals surface area contributed by atoms with Crippen LogP contribution in [0.2, 0.25) is 0 Å². The highest BCUT2D eigenvalue weighted by Gasteiger charge is 2.14. The predicted octanol–water partition coefficient (Wildman–Crippen LogP) is 1.95. The second-order valence-corrected chi connectivity index (χ2v) is 3.05. The van der Waals surface area contributed by atoms with E-state index >= 15 is 0 Å². The SMILES string of the molecule is CC/C=C(\C)C1CCNC1. The lowest BCUT2D eigenvalue weighted by Crippen LogP contribution is -2.09. The third-order valence-corrected chi connectivity index (χ3v) is 2.23. The van der Waals surface area contributed by atoms with Gasteiger partial charge in [0.2, 0.25) is 0 Å². The summed E-state index contributed by atoms with van der Waals surface area (Å²) in [7, 11) is 0. The minimum Gasteiger partial charge on any atom is -0.316 e. The van der Waals surface area contributed by atoms with Crippen LogP contribution >= 0.6 is 0 Å². The van der Waals surface area contributed by atoms with Crippen molar-refractivity contribution < 1.29 is 0 Å². The van der Waals surface area contributed by atoms with Gasteiger partial charge in [-0.1, -0.05) is 18.6 Å². The molecule has 10 heavy (non-hydrogen) atoms. The Morgan fingerprint density at radius 3 is 3.00 bits per heavy atom. The second kappa shape index (κ2) is 3.77. The zero-order valence-electron chi connectivity index (χ0n) is 6.98. The molecular weight excluding hydrogens is 122 g/mol. The van der Waals surface area contributed by atoms with Gasteiger partial charge in [0.15, 0.2) is 0 Å². The largest absolute Gasteiger partial charge is 0.316 e. The Kier molecular flexibility index (Phi) is 2.94. The van der Waals surface area contributed by atoms with Gasteiger partial charge in [-0.2, -0.15) is 0 Å². The van der Waals surface area contributed by atoms with Crippen molar-refractivity contribution in [1.29, 1.82) is 0 Å². The van der Waals surface area contributed by atoms with Crippen molar-refractivity contribution >= 4 is 0 Å². The molecule has 1 rings (SSSR count). The minimum atomic E-state index is 0.833. The van der Waals surface area contributed by atoms with Gasteiger partial charge >= 0.3 is 0 Å². The summed E-state index contributed by atoms with van der Waals surface area (Å²) in [4.78, 5) is 0.